The molecule has 0 radical (unpaired) electrons. The van der Waals surface area contributed by atoms with E-state index in [9.17, 15) is 0 Å². The van der Waals surface area contributed by atoms with Gasteiger partial charge in [-0.05, 0) is 12.6 Å². The van der Waals surface area contributed by atoms with Crippen molar-refractivity contribution in [2.75, 3.05) is 6.54 Å². The van der Waals surface area contributed by atoms with E-state index in [0.29, 0.717) is 0 Å². The highest BCUT2D eigenvalue weighted by Gasteiger charge is 2.15. The third-order valence-electron chi connectivity index (χ3n) is 2.17. The highest BCUT2D eigenvalue weighted by molar-refractivity contribution is 5.18. The quantitative estimate of drug-likeness (QED) is 0.823. The van der Waals surface area contributed by atoms with Crippen LogP contribution in [-0.4, -0.2) is 26.5 Å². The highest BCUT2D eigenvalue weighted by atomic mass is 15.0. The van der Waals surface area contributed by atoms with Gasteiger partial charge in [-0.15, -0.1) is 0 Å². The summed E-state index contributed by atoms with van der Waals surface area (Å²) in [5.41, 5.74) is 0.968. The van der Waals surface area contributed by atoms with E-state index >= 15 is 0 Å². The third-order valence-corrected chi connectivity index (χ3v) is 2.17. The van der Waals surface area contributed by atoms with Crippen molar-refractivity contribution in [3.63, 3.8) is 0 Å². The lowest BCUT2D eigenvalue weighted by atomic mass is 10.1. The maximum Gasteiger partial charge on any atom is 0.149 e. The fourth-order valence-electron chi connectivity index (χ4n) is 1.48. The largest absolute Gasteiger partial charge is 0.304 e. The molecule has 1 N–H and O–H groups in total. The molecule has 1 unspecified atom stereocenters. The Hall–Kier alpha value is -1.88. The summed E-state index contributed by atoms with van der Waals surface area (Å²) in [4.78, 5) is 16.5. The lowest BCUT2D eigenvalue weighted by Gasteiger charge is -2.15. The predicted molar refractivity (Wildman–Crippen MR) is 59.6 cm³/mol. The first kappa shape index (κ1) is 10.6. The summed E-state index contributed by atoms with van der Waals surface area (Å²) in [5, 5.41) is 3.31. The lowest BCUT2D eigenvalue weighted by molar-refractivity contribution is 0.593. The van der Waals surface area contributed by atoms with Crippen LogP contribution in [-0.2, 0) is 0 Å². The molecule has 0 amide bonds. The predicted octanol–water partition coefficient (Wildman–Crippen LogP) is 0.966. The Kier molecular flexibility index (Phi) is 3.50. The Morgan fingerprint density at radius 2 is 1.88 bits per heavy atom. The number of rotatable bonds is 4. The van der Waals surface area contributed by atoms with Crippen LogP contribution >= 0.6 is 0 Å². The SMILES string of the molecule is CCNC(c1cncnc1)c1ncccn1. The van der Waals surface area contributed by atoms with Crippen LogP contribution in [0.2, 0.25) is 0 Å². The minimum absolute atomic E-state index is 0.0487. The molecule has 0 saturated carbocycles. The Balaban J connectivity index is 2.31. The molecular weight excluding hydrogens is 202 g/mol. The molecule has 0 saturated heterocycles. The zero-order valence-electron chi connectivity index (χ0n) is 9.04. The van der Waals surface area contributed by atoms with Crippen molar-refractivity contribution in [1.82, 2.24) is 25.3 Å². The summed E-state index contributed by atoms with van der Waals surface area (Å²) >= 11 is 0. The number of aromatic nitrogens is 4. The number of hydrogen-bond acceptors (Lipinski definition) is 5. The van der Waals surface area contributed by atoms with Crippen LogP contribution in [0.5, 0.6) is 0 Å². The molecule has 2 rings (SSSR count). The van der Waals surface area contributed by atoms with Gasteiger partial charge in [0.25, 0.3) is 0 Å². The molecular formula is C11H13N5. The van der Waals surface area contributed by atoms with Crippen molar-refractivity contribution >= 4 is 0 Å². The summed E-state index contributed by atoms with van der Waals surface area (Å²) in [6, 6.07) is 1.75. The van der Waals surface area contributed by atoms with Gasteiger partial charge in [0.1, 0.15) is 12.2 Å². The van der Waals surface area contributed by atoms with Crippen LogP contribution in [0.3, 0.4) is 0 Å². The molecule has 5 heteroatoms. The Morgan fingerprint density at radius 3 is 2.50 bits per heavy atom. The Bertz CT molecular complexity index is 377. The number of nitrogens with one attached hydrogen (secondary N) is 1. The first-order valence-electron chi connectivity index (χ1n) is 5.17. The van der Waals surface area contributed by atoms with Gasteiger partial charge in [0.15, 0.2) is 0 Å². The average molecular weight is 215 g/mol. The highest BCUT2D eigenvalue weighted by Crippen LogP contribution is 2.15. The van der Waals surface area contributed by atoms with Crippen molar-refractivity contribution < 1.29 is 0 Å². The molecule has 5 nitrogen and oxygen atoms in total. The Morgan fingerprint density at radius 1 is 1.19 bits per heavy atom. The minimum Gasteiger partial charge on any atom is -0.304 e. The van der Waals surface area contributed by atoms with Crippen molar-refractivity contribution in [3.05, 3.63) is 48.6 Å². The monoisotopic (exact) mass is 215 g/mol. The second-order valence-corrected chi connectivity index (χ2v) is 3.27. The smallest absolute Gasteiger partial charge is 0.149 e. The second-order valence-electron chi connectivity index (χ2n) is 3.27. The van der Waals surface area contributed by atoms with E-state index in [4.69, 9.17) is 0 Å². The molecule has 0 aliphatic rings. The average Bonchev–Trinajstić information content (AvgIpc) is 2.38. The first-order valence-corrected chi connectivity index (χ1v) is 5.17. The molecule has 0 aromatic carbocycles. The molecule has 16 heavy (non-hydrogen) atoms. The zero-order chi connectivity index (χ0) is 11.2. The summed E-state index contributed by atoms with van der Waals surface area (Å²) < 4.78 is 0. The molecule has 0 aliphatic carbocycles. The molecule has 1 atom stereocenters. The van der Waals surface area contributed by atoms with E-state index in [0.717, 1.165) is 17.9 Å². The van der Waals surface area contributed by atoms with E-state index in [1.165, 1.54) is 6.33 Å². The van der Waals surface area contributed by atoms with E-state index in [1.807, 2.05) is 6.92 Å². The van der Waals surface area contributed by atoms with Crippen molar-refractivity contribution in [2.45, 2.75) is 13.0 Å². The molecule has 0 fully saturated rings. The van der Waals surface area contributed by atoms with Gasteiger partial charge in [0.05, 0.1) is 6.04 Å². The van der Waals surface area contributed by atoms with Crippen molar-refractivity contribution in [3.8, 4) is 0 Å². The fourth-order valence-corrected chi connectivity index (χ4v) is 1.48. The lowest BCUT2D eigenvalue weighted by Crippen LogP contribution is -2.24. The van der Waals surface area contributed by atoms with E-state index in [1.54, 1.807) is 30.9 Å². The second kappa shape index (κ2) is 5.27. The van der Waals surface area contributed by atoms with Gasteiger partial charge in [0, 0.05) is 30.4 Å². The first-order chi connectivity index (χ1) is 7.92. The topological polar surface area (TPSA) is 63.6 Å². The van der Waals surface area contributed by atoms with Gasteiger partial charge >= 0.3 is 0 Å². The van der Waals surface area contributed by atoms with Gasteiger partial charge in [-0.1, -0.05) is 6.92 Å². The normalized spacial score (nSPS) is 12.3. The fraction of sp³-hybridized carbons (Fsp3) is 0.273. The molecule has 2 aromatic rings. The minimum atomic E-state index is -0.0487. The maximum atomic E-state index is 4.24. The van der Waals surface area contributed by atoms with Crippen LogP contribution in [0.25, 0.3) is 0 Å². The van der Waals surface area contributed by atoms with Crippen molar-refractivity contribution in [1.29, 1.82) is 0 Å². The van der Waals surface area contributed by atoms with Crippen LogP contribution in [0.4, 0.5) is 0 Å². The van der Waals surface area contributed by atoms with Crippen LogP contribution in [0.15, 0.2) is 37.2 Å². The number of hydrogen-bond donors (Lipinski definition) is 1. The summed E-state index contributed by atoms with van der Waals surface area (Å²) in [5.74, 6) is 0.735. The van der Waals surface area contributed by atoms with E-state index < -0.39 is 0 Å². The summed E-state index contributed by atoms with van der Waals surface area (Å²) in [7, 11) is 0. The van der Waals surface area contributed by atoms with Crippen LogP contribution < -0.4 is 5.32 Å². The summed E-state index contributed by atoms with van der Waals surface area (Å²) in [6.07, 6.45) is 8.53. The van der Waals surface area contributed by atoms with Gasteiger partial charge in [-0.25, -0.2) is 19.9 Å². The molecule has 0 spiro atoms. The van der Waals surface area contributed by atoms with E-state index in [-0.39, 0.29) is 6.04 Å². The molecule has 2 heterocycles. The van der Waals surface area contributed by atoms with Gasteiger partial charge < -0.3 is 5.32 Å². The van der Waals surface area contributed by atoms with Gasteiger partial charge in [-0.2, -0.15) is 0 Å². The molecule has 2 aromatic heterocycles. The maximum absolute atomic E-state index is 4.24. The number of nitrogens with zero attached hydrogens (tertiary/aromatic N) is 4. The standard InChI is InChI=1S/C11H13N5/c1-2-14-10(9-6-12-8-13-7-9)11-15-4-3-5-16-11/h3-8,10,14H,2H2,1H3. The van der Waals surface area contributed by atoms with Gasteiger partial charge in [-0.3, -0.25) is 0 Å². The molecule has 0 aliphatic heterocycles. The molecule has 0 bridgehead atoms. The molecule has 82 valence electrons. The van der Waals surface area contributed by atoms with E-state index in [2.05, 4.69) is 25.3 Å². The van der Waals surface area contributed by atoms with Crippen molar-refractivity contribution in [2.24, 2.45) is 0 Å². The van der Waals surface area contributed by atoms with Crippen LogP contribution in [0.1, 0.15) is 24.4 Å². The zero-order valence-corrected chi connectivity index (χ0v) is 9.04. The Labute approximate surface area is 94.0 Å². The summed E-state index contributed by atoms with van der Waals surface area (Å²) in [6.45, 7) is 2.87. The van der Waals surface area contributed by atoms with Crippen LogP contribution in [0, 0.1) is 0 Å². The van der Waals surface area contributed by atoms with Gasteiger partial charge in [0.2, 0.25) is 0 Å². The third kappa shape index (κ3) is 2.38.